The largest absolute Gasteiger partial charge is 0.375 e. The molecule has 0 radical (unpaired) electrons. The lowest BCUT2D eigenvalue weighted by Crippen LogP contribution is -2.45. The Bertz CT molecular complexity index is 159. The highest BCUT2D eigenvalue weighted by Gasteiger charge is 2.01. The van der Waals surface area contributed by atoms with E-state index in [9.17, 15) is 0 Å². The monoisotopic (exact) mass is 201 g/mol. The normalized spacial score (nSPS) is 12.1. The molecule has 0 bridgehead atoms. The maximum atomic E-state index is 5.27. The summed E-state index contributed by atoms with van der Waals surface area (Å²) in [5.41, 5.74) is 11.0. The zero-order chi connectivity index (χ0) is 10.1. The molecule has 0 saturated heterocycles. The summed E-state index contributed by atoms with van der Waals surface area (Å²) in [6.07, 6.45) is 6.60. The van der Waals surface area contributed by atoms with Crippen LogP contribution in [0.4, 0.5) is 0 Å². The molecule has 0 aliphatic heterocycles. The Morgan fingerprint density at radius 1 is 1.62 bits per heavy atom. The lowest BCUT2D eigenvalue weighted by Gasteiger charge is -2.14. The van der Waals surface area contributed by atoms with E-state index in [2.05, 4.69) is 36.6 Å². The predicted molar refractivity (Wildman–Crippen MR) is 61.2 cm³/mol. The lowest BCUT2D eigenvalue weighted by molar-refractivity contribution is 0.505. The van der Waals surface area contributed by atoms with E-state index in [-0.39, 0.29) is 11.2 Å². The average Bonchev–Trinajstić information content (AvgIpc) is 2.10. The fourth-order valence-electron chi connectivity index (χ4n) is 1.03. The molecule has 0 saturated carbocycles. The number of rotatable bonds is 7. The van der Waals surface area contributed by atoms with Crippen molar-refractivity contribution in [1.82, 2.24) is 10.9 Å². The van der Waals surface area contributed by atoms with Gasteiger partial charge in [-0.15, -0.1) is 6.58 Å². The van der Waals surface area contributed by atoms with Crippen molar-refractivity contribution in [1.29, 1.82) is 0 Å². The van der Waals surface area contributed by atoms with E-state index in [1.807, 2.05) is 6.08 Å². The molecule has 1 atom stereocenters. The van der Waals surface area contributed by atoms with Gasteiger partial charge in [-0.25, -0.2) is 5.43 Å². The minimum Gasteiger partial charge on any atom is -0.375 e. The molecule has 0 aromatic rings. The Balaban J connectivity index is 3.51. The van der Waals surface area contributed by atoms with E-state index in [1.165, 1.54) is 19.3 Å². The Kier molecular flexibility index (Phi) is 7.63. The van der Waals surface area contributed by atoms with Gasteiger partial charge >= 0.3 is 0 Å². The molecular formula is C9H19N3S. The summed E-state index contributed by atoms with van der Waals surface area (Å²) < 4.78 is 0. The van der Waals surface area contributed by atoms with Crippen molar-refractivity contribution in [3.63, 3.8) is 0 Å². The van der Waals surface area contributed by atoms with Gasteiger partial charge in [0.2, 0.25) is 0 Å². The van der Waals surface area contributed by atoms with Crippen LogP contribution in [0.15, 0.2) is 12.7 Å². The van der Waals surface area contributed by atoms with Gasteiger partial charge in [-0.05, 0) is 18.6 Å². The first-order valence-corrected chi connectivity index (χ1v) is 5.05. The van der Waals surface area contributed by atoms with Gasteiger partial charge in [-0.2, -0.15) is 0 Å². The maximum Gasteiger partial charge on any atom is 0.178 e. The quantitative estimate of drug-likeness (QED) is 0.253. The van der Waals surface area contributed by atoms with E-state index in [1.54, 1.807) is 0 Å². The van der Waals surface area contributed by atoms with Crippen LogP contribution in [0.5, 0.6) is 0 Å². The highest BCUT2D eigenvalue weighted by Crippen LogP contribution is 2.03. The van der Waals surface area contributed by atoms with Crippen molar-refractivity contribution in [2.24, 2.45) is 5.73 Å². The molecule has 0 spiro atoms. The van der Waals surface area contributed by atoms with Crippen molar-refractivity contribution < 1.29 is 0 Å². The van der Waals surface area contributed by atoms with Crippen LogP contribution in [0.2, 0.25) is 0 Å². The number of nitrogens with one attached hydrogen (secondary N) is 2. The van der Waals surface area contributed by atoms with E-state index < -0.39 is 0 Å². The van der Waals surface area contributed by atoms with Crippen LogP contribution < -0.4 is 16.6 Å². The SMILES string of the molecule is C=CC(CCCCC)NNC(N)=S. The Labute approximate surface area is 85.7 Å². The first-order chi connectivity index (χ1) is 6.20. The minimum atomic E-state index is 0.244. The molecule has 0 fully saturated rings. The Morgan fingerprint density at radius 3 is 2.77 bits per heavy atom. The maximum absolute atomic E-state index is 5.27. The number of thiocarbonyl (C=S) groups is 1. The fourth-order valence-corrected chi connectivity index (χ4v) is 1.09. The van der Waals surface area contributed by atoms with Gasteiger partial charge in [0.1, 0.15) is 0 Å². The van der Waals surface area contributed by atoms with Crippen molar-refractivity contribution in [2.75, 3.05) is 0 Å². The molecule has 0 heterocycles. The summed E-state index contributed by atoms with van der Waals surface area (Å²) in [5.74, 6) is 0. The third-order valence-corrected chi connectivity index (χ3v) is 1.89. The number of hydrogen-bond donors (Lipinski definition) is 3. The molecule has 0 aromatic carbocycles. The molecule has 0 rings (SSSR count). The summed E-state index contributed by atoms with van der Waals surface area (Å²) in [4.78, 5) is 0. The van der Waals surface area contributed by atoms with E-state index in [4.69, 9.17) is 5.73 Å². The molecule has 76 valence electrons. The van der Waals surface area contributed by atoms with Gasteiger partial charge in [0.15, 0.2) is 5.11 Å². The molecule has 0 aliphatic rings. The second-order valence-electron chi connectivity index (χ2n) is 2.97. The highest BCUT2D eigenvalue weighted by atomic mass is 32.1. The van der Waals surface area contributed by atoms with E-state index >= 15 is 0 Å². The molecular weight excluding hydrogens is 182 g/mol. The van der Waals surface area contributed by atoms with Gasteiger partial charge in [0.25, 0.3) is 0 Å². The summed E-state index contributed by atoms with van der Waals surface area (Å²) in [7, 11) is 0. The zero-order valence-electron chi connectivity index (χ0n) is 8.18. The molecule has 1 unspecified atom stereocenters. The van der Waals surface area contributed by atoms with Gasteiger partial charge in [0.05, 0.1) is 0 Å². The topological polar surface area (TPSA) is 50.1 Å². The minimum absolute atomic E-state index is 0.244. The van der Waals surface area contributed by atoms with Crippen LogP contribution in [0, 0.1) is 0 Å². The third kappa shape index (κ3) is 7.74. The molecule has 4 heteroatoms. The third-order valence-electron chi connectivity index (χ3n) is 1.78. The van der Waals surface area contributed by atoms with Crippen LogP contribution in [-0.2, 0) is 0 Å². The zero-order valence-corrected chi connectivity index (χ0v) is 8.99. The van der Waals surface area contributed by atoms with Gasteiger partial charge in [-0.1, -0.05) is 32.3 Å². The summed E-state index contributed by atoms with van der Waals surface area (Å²) in [6, 6.07) is 0.244. The molecule has 0 aromatic heterocycles. The second-order valence-corrected chi connectivity index (χ2v) is 3.41. The second kappa shape index (κ2) is 8.01. The van der Waals surface area contributed by atoms with Crippen molar-refractivity contribution in [2.45, 2.75) is 38.6 Å². The summed E-state index contributed by atoms with van der Waals surface area (Å²) in [5, 5.41) is 0.266. The van der Waals surface area contributed by atoms with Crippen LogP contribution >= 0.6 is 12.2 Å². The van der Waals surface area contributed by atoms with Crippen LogP contribution in [-0.4, -0.2) is 11.2 Å². The molecule has 4 N–H and O–H groups in total. The highest BCUT2D eigenvalue weighted by molar-refractivity contribution is 7.80. The molecule has 13 heavy (non-hydrogen) atoms. The number of hydrogen-bond acceptors (Lipinski definition) is 2. The van der Waals surface area contributed by atoms with Gasteiger partial charge in [0, 0.05) is 6.04 Å². The number of hydrazine groups is 1. The van der Waals surface area contributed by atoms with Crippen molar-refractivity contribution >= 4 is 17.3 Å². The van der Waals surface area contributed by atoms with E-state index in [0.717, 1.165) is 6.42 Å². The average molecular weight is 201 g/mol. The molecule has 0 aliphatic carbocycles. The predicted octanol–water partition coefficient (Wildman–Crippen LogP) is 1.46. The van der Waals surface area contributed by atoms with Crippen LogP contribution in [0.3, 0.4) is 0 Å². The number of nitrogens with two attached hydrogens (primary N) is 1. The fraction of sp³-hybridized carbons (Fsp3) is 0.667. The summed E-state index contributed by atoms with van der Waals surface area (Å²) >= 11 is 4.67. The lowest BCUT2D eigenvalue weighted by atomic mass is 10.1. The first-order valence-electron chi connectivity index (χ1n) is 4.64. The van der Waals surface area contributed by atoms with E-state index in [0.29, 0.717) is 0 Å². The Hall–Kier alpha value is -0.610. The first kappa shape index (κ1) is 12.4. The smallest absolute Gasteiger partial charge is 0.178 e. The van der Waals surface area contributed by atoms with Crippen LogP contribution in [0.25, 0.3) is 0 Å². The summed E-state index contributed by atoms with van der Waals surface area (Å²) in [6.45, 7) is 5.92. The van der Waals surface area contributed by atoms with Crippen molar-refractivity contribution in [3.8, 4) is 0 Å². The van der Waals surface area contributed by atoms with Gasteiger partial charge < -0.3 is 5.73 Å². The Morgan fingerprint density at radius 2 is 2.31 bits per heavy atom. The van der Waals surface area contributed by atoms with Gasteiger partial charge in [-0.3, -0.25) is 5.43 Å². The van der Waals surface area contributed by atoms with Crippen LogP contribution in [0.1, 0.15) is 32.6 Å². The standard InChI is InChI=1S/C9H19N3S/c1-3-5-6-7-8(4-2)11-12-9(10)13/h4,8,11H,2-3,5-7H2,1H3,(H3,10,12,13). The molecule has 0 amide bonds. The number of unbranched alkanes of at least 4 members (excludes halogenated alkanes) is 2. The molecule has 3 nitrogen and oxygen atoms in total. The van der Waals surface area contributed by atoms with Crippen molar-refractivity contribution in [3.05, 3.63) is 12.7 Å².